The molecule has 0 spiro atoms. The van der Waals surface area contributed by atoms with E-state index >= 15 is 0 Å². The van der Waals surface area contributed by atoms with Crippen molar-refractivity contribution in [2.75, 3.05) is 0 Å². The molecule has 0 atom stereocenters. The van der Waals surface area contributed by atoms with Crippen LogP contribution in [0.1, 0.15) is 33.6 Å². The third kappa shape index (κ3) is 1.56. The average molecular weight is 275 g/mol. The van der Waals surface area contributed by atoms with Crippen LogP contribution >= 0.6 is 11.6 Å². The molecule has 5 heteroatoms. The lowest BCUT2D eigenvalue weighted by Gasteiger charge is -2.15. The van der Waals surface area contributed by atoms with E-state index < -0.39 is 11.6 Å². The van der Waals surface area contributed by atoms with Gasteiger partial charge in [-0.3, -0.25) is 9.59 Å². The highest BCUT2D eigenvalue weighted by Crippen LogP contribution is 2.35. The van der Waals surface area contributed by atoms with E-state index in [0.29, 0.717) is 22.7 Å². The molecule has 4 nitrogen and oxygen atoms in total. The van der Waals surface area contributed by atoms with E-state index in [0.717, 1.165) is 11.4 Å². The molecule has 0 radical (unpaired) electrons. The molecule has 1 aliphatic carbocycles. The molecule has 0 saturated heterocycles. The van der Waals surface area contributed by atoms with E-state index in [1.54, 1.807) is 18.2 Å². The van der Waals surface area contributed by atoms with Crippen molar-refractivity contribution in [3.8, 4) is 11.3 Å². The molecule has 0 amide bonds. The Kier molecular flexibility index (Phi) is 2.57. The minimum absolute atomic E-state index is 0.249. The maximum Gasteiger partial charge on any atom is 0.254 e. The summed E-state index contributed by atoms with van der Waals surface area (Å²) in [5.41, 5.74) is 2.03. The minimum Gasteiger partial charge on any atom is -0.330 e. The van der Waals surface area contributed by atoms with Crippen molar-refractivity contribution in [3.63, 3.8) is 0 Å². The summed E-state index contributed by atoms with van der Waals surface area (Å²) in [5, 5.41) is 0.446. The molecule has 1 aliphatic rings. The first-order chi connectivity index (χ1) is 9.04. The molecule has 3 rings (SSSR count). The van der Waals surface area contributed by atoms with Crippen molar-refractivity contribution in [2.45, 2.75) is 13.3 Å². The Labute approximate surface area is 115 Å². The highest BCUT2D eigenvalue weighted by molar-refractivity contribution is 6.52. The molecule has 1 heterocycles. The van der Waals surface area contributed by atoms with Crippen LogP contribution in [0.25, 0.3) is 11.3 Å². The van der Waals surface area contributed by atoms with E-state index in [4.69, 9.17) is 11.6 Å². The Bertz CT molecular complexity index is 731. The topological polar surface area (TPSA) is 52.0 Å². The smallest absolute Gasteiger partial charge is 0.254 e. The molecular formula is C14H11ClN2O2. The molecule has 1 aromatic carbocycles. The number of aromatic nitrogens is 2. The van der Waals surface area contributed by atoms with E-state index in [-0.39, 0.29) is 5.69 Å². The van der Waals surface area contributed by atoms with Crippen LogP contribution in [0.2, 0.25) is 5.02 Å². The number of carbonyl (C=O) groups is 2. The number of hydrogen-bond acceptors (Lipinski definition) is 3. The zero-order valence-corrected chi connectivity index (χ0v) is 11.3. The summed E-state index contributed by atoms with van der Waals surface area (Å²) in [6, 6.07) is 5.02. The summed E-state index contributed by atoms with van der Waals surface area (Å²) in [4.78, 5) is 28.5. The second-order valence-electron chi connectivity index (χ2n) is 4.49. The van der Waals surface area contributed by atoms with Crippen LogP contribution in [0.15, 0.2) is 18.2 Å². The molecule has 1 aromatic heterocycles. The number of Topliss-reactive ketones (excluding diaryl/α,β-unsaturated/α-hetero) is 2. The summed E-state index contributed by atoms with van der Waals surface area (Å²) in [5.74, 6) is -0.306. The fourth-order valence-corrected chi connectivity index (χ4v) is 2.64. The minimum atomic E-state index is -0.555. The Morgan fingerprint density at radius 3 is 2.63 bits per heavy atom. The zero-order chi connectivity index (χ0) is 13.7. The Morgan fingerprint density at radius 1 is 1.21 bits per heavy atom. The predicted octanol–water partition coefficient (Wildman–Crippen LogP) is 2.68. The van der Waals surface area contributed by atoms with Gasteiger partial charge in [0.15, 0.2) is 0 Å². The first kappa shape index (κ1) is 12.1. The highest BCUT2D eigenvalue weighted by Gasteiger charge is 2.34. The molecule has 0 N–H and O–H groups in total. The van der Waals surface area contributed by atoms with Gasteiger partial charge in [-0.15, -0.1) is 0 Å². The van der Waals surface area contributed by atoms with Crippen LogP contribution < -0.4 is 0 Å². The van der Waals surface area contributed by atoms with Gasteiger partial charge in [0.05, 0.1) is 5.69 Å². The maximum absolute atomic E-state index is 12.1. The Hall–Kier alpha value is -1.94. The zero-order valence-electron chi connectivity index (χ0n) is 10.5. The number of fused-ring (bicyclic) bond motifs is 3. The van der Waals surface area contributed by atoms with Gasteiger partial charge in [0, 0.05) is 29.6 Å². The SMILES string of the molecule is CCc1nc2c(n1C)-c1ccc(Cl)cc1C(=O)C2=O. The summed E-state index contributed by atoms with van der Waals surface area (Å²) in [6.45, 7) is 1.96. The third-order valence-electron chi connectivity index (χ3n) is 3.41. The van der Waals surface area contributed by atoms with Gasteiger partial charge in [0.2, 0.25) is 5.78 Å². The van der Waals surface area contributed by atoms with E-state index in [9.17, 15) is 9.59 Å². The number of nitrogens with zero attached hydrogens (tertiary/aromatic N) is 2. The number of halogens is 1. The summed E-state index contributed by atoms with van der Waals surface area (Å²) < 4.78 is 1.87. The molecule has 19 heavy (non-hydrogen) atoms. The Morgan fingerprint density at radius 2 is 1.95 bits per heavy atom. The summed E-state index contributed by atoms with van der Waals surface area (Å²) >= 11 is 5.90. The number of carbonyl (C=O) groups excluding carboxylic acids is 2. The van der Waals surface area contributed by atoms with Gasteiger partial charge in [-0.25, -0.2) is 4.98 Å². The monoisotopic (exact) mass is 274 g/mol. The van der Waals surface area contributed by atoms with Gasteiger partial charge in [-0.1, -0.05) is 24.6 Å². The normalized spacial score (nSPS) is 13.4. The highest BCUT2D eigenvalue weighted by atomic mass is 35.5. The van der Waals surface area contributed by atoms with E-state index in [2.05, 4.69) is 4.98 Å². The van der Waals surface area contributed by atoms with Gasteiger partial charge in [0.25, 0.3) is 5.78 Å². The number of hydrogen-bond donors (Lipinski definition) is 0. The number of benzene rings is 1. The van der Waals surface area contributed by atoms with Crippen LogP contribution in [0, 0.1) is 0 Å². The van der Waals surface area contributed by atoms with Crippen LogP contribution in [0.3, 0.4) is 0 Å². The van der Waals surface area contributed by atoms with Crippen LogP contribution in [-0.4, -0.2) is 21.1 Å². The third-order valence-corrected chi connectivity index (χ3v) is 3.64. The largest absolute Gasteiger partial charge is 0.330 e. The van der Waals surface area contributed by atoms with Gasteiger partial charge < -0.3 is 4.57 Å². The predicted molar refractivity (Wildman–Crippen MR) is 71.7 cm³/mol. The van der Waals surface area contributed by atoms with Crippen LogP contribution in [0.4, 0.5) is 0 Å². The molecular weight excluding hydrogens is 264 g/mol. The molecule has 0 aliphatic heterocycles. The molecule has 0 bridgehead atoms. The number of rotatable bonds is 1. The first-order valence-electron chi connectivity index (χ1n) is 5.99. The molecule has 0 saturated carbocycles. The second kappa shape index (κ2) is 4.03. The molecule has 2 aromatic rings. The van der Waals surface area contributed by atoms with Gasteiger partial charge >= 0.3 is 0 Å². The lowest BCUT2D eigenvalue weighted by molar-refractivity contribution is 0.0812. The van der Waals surface area contributed by atoms with E-state index in [1.807, 2.05) is 18.5 Å². The van der Waals surface area contributed by atoms with Gasteiger partial charge in [0.1, 0.15) is 11.5 Å². The molecule has 0 fully saturated rings. The standard InChI is InChI=1S/C14H11ClN2O2/c1-3-10-16-11-12(17(10)2)8-5-4-7(15)6-9(8)13(18)14(11)19/h4-6H,3H2,1-2H3. The fraction of sp³-hybridized carbons (Fsp3) is 0.214. The van der Waals surface area contributed by atoms with Crippen molar-refractivity contribution in [3.05, 3.63) is 40.3 Å². The van der Waals surface area contributed by atoms with Gasteiger partial charge in [-0.05, 0) is 12.1 Å². The maximum atomic E-state index is 12.1. The van der Waals surface area contributed by atoms with Crippen molar-refractivity contribution in [1.29, 1.82) is 0 Å². The number of ketones is 2. The average Bonchev–Trinajstić information content (AvgIpc) is 2.73. The quantitative estimate of drug-likeness (QED) is 0.751. The van der Waals surface area contributed by atoms with Crippen LogP contribution in [0.5, 0.6) is 0 Å². The summed E-state index contributed by atoms with van der Waals surface area (Å²) in [7, 11) is 1.85. The van der Waals surface area contributed by atoms with Crippen molar-refractivity contribution >= 4 is 23.2 Å². The summed E-state index contributed by atoms with van der Waals surface area (Å²) in [6.07, 6.45) is 0.702. The van der Waals surface area contributed by atoms with Crippen molar-refractivity contribution in [1.82, 2.24) is 9.55 Å². The molecule has 96 valence electrons. The fourth-order valence-electron chi connectivity index (χ4n) is 2.47. The lowest BCUT2D eigenvalue weighted by Crippen LogP contribution is -2.22. The van der Waals surface area contributed by atoms with E-state index in [1.165, 1.54) is 0 Å². The Balaban J connectivity index is 2.39. The van der Waals surface area contributed by atoms with Crippen molar-refractivity contribution in [2.24, 2.45) is 7.05 Å². The second-order valence-corrected chi connectivity index (χ2v) is 4.92. The van der Waals surface area contributed by atoms with Gasteiger partial charge in [-0.2, -0.15) is 0 Å². The first-order valence-corrected chi connectivity index (χ1v) is 6.37. The number of imidazole rings is 1. The van der Waals surface area contributed by atoms with Crippen LogP contribution in [-0.2, 0) is 13.5 Å². The number of aryl methyl sites for hydroxylation is 1. The van der Waals surface area contributed by atoms with Crippen molar-refractivity contribution < 1.29 is 9.59 Å². The molecule has 0 unspecified atom stereocenters. The lowest BCUT2D eigenvalue weighted by atomic mass is 9.90.